The predicted molar refractivity (Wildman–Crippen MR) is 106 cm³/mol. The van der Waals surface area contributed by atoms with Gasteiger partial charge in [-0.1, -0.05) is 24.3 Å². The van der Waals surface area contributed by atoms with Crippen molar-refractivity contribution in [3.05, 3.63) is 64.1 Å². The van der Waals surface area contributed by atoms with Crippen molar-refractivity contribution >= 4 is 22.6 Å². The van der Waals surface area contributed by atoms with Crippen LogP contribution in [0.5, 0.6) is 11.5 Å². The van der Waals surface area contributed by atoms with Gasteiger partial charge in [-0.25, -0.2) is 5.10 Å². The van der Waals surface area contributed by atoms with Crippen LogP contribution in [0.15, 0.2) is 47.3 Å². The Morgan fingerprint density at radius 3 is 2.77 bits per heavy atom. The average Bonchev–Trinajstić information content (AvgIpc) is 3.22. The third-order valence-corrected chi connectivity index (χ3v) is 4.73. The zero-order chi connectivity index (χ0) is 21.1. The van der Waals surface area contributed by atoms with E-state index in [9.17, 15) is 14.4 Å². The number of aromatic nitrogens is 2. The number of rotatable bonds is 6. The van der Waals surface area contributed by atoms with Crippen LogP contribution < -0.4 is 20.3 Å². The maximum atomic E-state index is 12.2. The molecule has 0 bridgehead atoms. The van der Waals surface area contributed by atoms with Crippen LogP contribution in [0.1, 0.15) is 24.2 Å². The summed E-state index contributed by atoms with van der Waals surface area (Å²) < 4.78 is 15.7. The van der Waals surface area contributed by atoms with Gasteiger partial charge >= 0.3 is 5.97 Å². The average molecular weight is 409 g/mol. The molecule has 9 nitrogen and oxygen atoms in total. The molecule has 1 atom stereocenters. The van der Waals surface area contributed by atoms with Gasteiger partial charge in [0.1, 0.15) is 0 Å². The zero-order valence-electron chi connectivity index (χ0n) is 16.1. The monoisotopic (exact) mass is 409 g/mol. The maximum Gasteiger partial charge on any atom is 0.312 e. The van der Waals surface area contributed by atoms with Crippen molar-refractivity contribution in [3.8, 4) is 11.5 Å². The summed E-state index contributed by atoms with van der Waals surface area (Å²) in [7, 11) is 0. The molecule has 0 radical (unpaired) electrons. The lowest BCUT2D eigenvalue weighted by Gasteiger charge is -2.15. The number of carbonyl (C=O) groups excluding carboxylic acids is 2. The summed E-state index contributed by atoms with van der Waals surface area (Å²) in [4.78, 5) is 36.1. The first-order valence-electron chi connectivity index (χ1n) is 9.32. The number of amides is 1. The van der Waals surface area contributed by atoms with Crippen LogP contribution in [0.3, 0.4) is 0 Å². The van der Waals surface area contributed by atoms with Crippen LogP contribution in [-0.2, 0) is 20.7 Å². The predicted octanol–water partition coefficient (Wildman–Crippen LogP) is 1.61. The van der Waals surface area contributed by atoms with Crippen molar-refractivity contribution < 1.29 is 23.8 Å². The second kappa shape index (κ2) is 8.24. The van der Waals surface area contributed by atoms with E-state index in [0.717, 1.165) is 5.56 Å². The second-order valence-electron chi connectivity index (χ2n) is 6.78. The van der Waals surface area contributed by atoms with Crippen molar-refractivity contribution in [1.82, 2.24) is 15.5 Å². The molecule has 30 heavy (non-hydrogen) atoms. The topological polar surface area (TPSA) is 120 Å². The van der Waals surface area contributed by atoms with Crippen LogP contribution in [0.4, 0.5) is 0 Å². The van der Waals surface area contributed by atoms with Crippen LogP contribution in [0.25, 0.3) is 10.8 Å². The molecule has 1 aliphatic rings. The lowest BCUT2D eigenvalue weighted by Crippen LogP contribution is -2.31. The third-order valence-electron chi connectivity index (χ3n) is 4.73. The standard InChI is InChI=1S/C21H19N3O6/c1-12(13-6-7-17-18(8-13)30-11-29-17)22-19(25)10-28-20(26)9-16-14-4-2-3-5-15(14)21(27)24-23-16/h2-8,12H,9-11H2,1H3,(H,22,25)(H,24,27)/t12-/m0/s1. The third kappa shape index (κ3) is 4.09. The number of hydrogen-bond donors (Lipinski definition) is 2. The van der Waals surface area contributed by atoms with Crippen LogP contribution >= 0.6 is 0 Å². The van der Waals surface area contributed by atoms with E-state index in [0.29, 0.717) is 28.0 Å². The molecule has 1 aliphatic heterocycles. The van der Waals surface area contributed by atoms with E-state index in [1.807, 2.05) is 13.0 Å². The van der Waals surface area contributed by atoms with Gasteiger partial charge in [-0.3, -0.25) is 14.4 Å². The molecule has 0 fully saturated rings. The molecule has 2 heterocycles. The lowest BCUT2D eigenvalue weighted by molar-refractivity contribution is -0.148. The minimum absolute atomic E-state index is 0.164. The molecule has 0 saturated carbocycles. The number of H-pyrrole nitrogens is 1. The quantitative estimate of drug-likeness (QED) is 0.594. The summed E-state index contributed by atoms with van der Waals surface area (Å²) in [6, 6.07) is 11.9. The minimum Gasteiger partial charge on any atom is -0.455 e. The summed E-state index contributed by atoms with van der Waals surface area (Å²) in [6.45, 7) is 1.57. The molecule has 0 aliphatic carbocycles. The number of nitrogens with zero attached hydrogens (tertiary/aromatic N) is 1. The van der Waals surface area contributed by atoms with E-state index in [4.69, 9.17) is 14.2 Å². The summed E-state index contributed by atoms with van der Waals surface area (Å²) in [6.07, 6.45) is -0.164. The van der Waals surface area contributed by atoms with Gasteiger partial charge in [-0.15, -0.1) is 0 Å². The van der Waals surface area contributed by atoms with Crippen molar-refractivity contribution in [1.29, 1.82) is 0 Å². The molecule has 1 aromatic heterocycles. The van der Waals surface area contributed by atoms with Gasteiger partial charge in [-0.2, -0.15) is 5.10 Å². The van der Waals surface area contributed by atoms with E-state index >= 15 is 0 Å². The Morgan fingerprint density at radius 1 is 1.17 bits per heavy atom. The molecule has 0 saturated heterocycles. The highest BCUT2D eigenvalue weighted by atomic mass is 16.7. The largest absolute Gasteiger partial charge is 0.455 e. The van der Waals surface area contributed by atoms with E-state index < -0.39 is 18.5 Å². The van der Waals surface area contributed by atoms with E-state index in [-0.39, 0.29) is 24.8 Å². The van der Waals surface area contributed by atoms with Gasteiger partial charge in [-0.05, 0) is 30.7 Å². The number of carbonyl (C=O) groups is 2. The Kier molecular flexibility index (Phi) is 5.34. The molecule has 1 amide bonds. The van der Waals surface area contributed by atoms with E-state index in [2.05, 4.69) is 15.5 Å². The smallest absolute Gasteiger partial charge is 0.312 e. The summed E-state index contributed by atoms with van der Waals surface area (Å²) in [5, 5.41) is 10.1. The molecular weight excluding hydrogens is 390 g/mol. The van der Waals surface area contributed by atoms with Gasteiger partial charge in [0.25, 0.3) is 11.5 Å². The van der Waals surface area contributed by atoms with E-state index in [1.165, 1.54) is 0 Å². The highest BCUT2D eigenvalue weighted by Crippen LogP contribution is 2.34. The van der Waals surface area contributed by atoms with Crippen molar-refractivity contribution in [2.75, 3.05) is 13.4 Å². The number of ether oxygens (including phenoxy) is 3. The molecule has 4 rings (SSSR count). The Labute approximate surface area is 171 Å². The molecule has 2 aromatic carbocycles. The zero-order valence-corrected chi connectivity index (χ0v) is 16.1. The Morgan fingerprint density at radius 2 is 1.93 bits per heavy atom. The molecule has 3 aromatic rings. The van der Waals surface area contributed by atoms with Gasteiger partial charge in [0.15, 0.2) is 18.1 Å². The first-order valence-corrected chi connectivity index (χ1v) is 9.32. The van der Waals surface area contributed by atoms with Crippen molar-refractivity contribution in [2.45, 2.75) is 19.4 Å². The first-order chi connectivity index (χ1) is 14.5. The van der Waals surface area contributed by atoms with Gasteiger partial charge in [0.2, 0.25) is 6.79 Å². The summed E-state index contributed by atoms with van der Waals surface area (Å²) in [5.41, 5.74) is 0.881. The maximum absolute atomic E-state index is 12.2. The second-order valence-corrected chi connectivity index (χ2v) is 6.78. The highest BCUT2D eigenvalue weighted by molar-refractivity contribution is 5.87. The molecule has 154 valence electrons. The summed E-state index contributed by atoms with van der Waals surface area (Å²) in [5.74, 6) is 0.230. The molecule has 0 unspecified atom stereocenters. The molecule has 9 heteroatoms. The van der Waals surface area contributed by atoms with Crippen LogP contribution in [0, 0.1) is 0 Å². The molecule has 0 spiro atoms. The fourth-order valence-electron chi connectivity index (χ4n) is 3.19. The minimum atomic E-state index is -0.620. The lowest BCUT2D eigenvalue weighted by atomic mass is 10.1. The van der Waals surface area contributed by atoms with Crippen molar-refractivity contribution in [3.63, 3.8) is 0 Å². The number of fused-ring (bicyclic) bond motifs is 2. The number of esters is 1. The number of nitrogens with one attached hydrogen (secondary N) is 2. The Balaban J connectivity index is 1.32. The number of aromatic amines is 1. The Hall–Kier alpha value is -3.88. The SMILES string of the molecule is C[C@H](NC(=O)COC(=O)Cc1n[nH]c(=O)c2ccccc12)c1ccc2c(c1)OCO2. The van der Waals surface area contributed by atoms with Crippen LogP contribution in [-0.4, -0.2) is 35.5 Å². The molecule has 2 N–H and O–H groups in total. The van der Waals surface area contributed by atoms with Gasteiger partial charge in [0.05, 0.1) is 23.5 Å². The van der Waals surface area contributed by atoms with Gasteiger partial charge in [0, 0.05) is 5.39 Å². The van der Waals surface area contributed by atoms with E-state index in [1.54, 1.807) is 36.4 Å². The Bertz CT molecular complexity index is 1170. The number of hydrogen-bond acceptors (Lipinski definition) is 7. The fraction of sp³-hybridized carbons (Fsp3) is 0.238. The highest BCUT2D eigenvalue weighted by Gasteiger charge is 2.18. The summed E-state index contributed by atoms with van der Waals surface area (Å²) >= 11 is 0. The number of benzene rings is 2. The first kappa shape index (κ1) is 19.4. The van der Waals surface area contributed by atoms with Crippen LogP contribution in [0.2, 0.25) is 0 Å². The normalized spacial score (nSPS) is 13.1. The van der Waals surface area contributed by atoms with Gasteiger partial charge < -0.3 is 19.5 Å². The molecular formula is C21H19N3O6. The van der Waals surface area contributed by atoms with Crippen molar-refractivity contribution in [2.24, 2.45) is 0 Å². The fourth-order valence-corrected chi connectivity index (χ4v) is 3.19.